The van der Waals surface area contributed by atoms with Gasteiger partial charge in [-0.2, -0.15) is 0 Å². The molecule has 0 bridgehead atoms. The Labute approximate surface area is 77.3 Å². The number of amides is 1. The molecule has 4 heteroatoms. The van der Waals surface area contributed by atoms with Crippen LogP contribution >= 0.6 is 0 Å². The molecule has 1 rings (SSSR count). The van der Waals surface area contributed by atoms with Gasteiger partial charge in [-0.05, 0) is 25.7 Å². The van der Waals surface area contributed by atoms with Gasteiger partial charge in [0.05, 0.1) is 12.5 Å². The largest absolute Gasteiger partial charge is 0.391 e. The molecule has 74 valence electrons. The summed E-state index contributed by atoms with van der Waals surface area (Å²) in [5.74, 6) is -0.0942. The van der Waals surface area contributed by atoms with E-state index >= 15 is 0 Å². The van der Waals surface area contributed by atoms with Gasteiger partial charge in [-0.15, -0.1) is 0 Å². The summed E-state index contributed by atoms with van der Waals surface area (Å²) in [4.78, 5) is 21.5. The maximum absolute atomic E-state index is 11.0. The molecule has 4 nitrogen and oxygen atoms in total. The third-order valence-electron chi connectivity index (χ3n) is 2.08. The molecule has 0 radical (unpaired) electrons. The molecule has 1 fully saturated rings. The van der Waals surface area contributed by atoms with Crippen LogP contribution in [0.4, 0.5) is 0 Å². The van der Waals surface area contributed by atoms with E-state index in [1.165, 1.54) is 6.92 Å². The topological polar surface area (TPSA) is 66.4 Å². The molecule has 1 aliphatic carbocycles. The van der Waals surface area contributed by atoms with Crippen LogP contribution in [0, 0.1) is 5.92 Å². The number of rotatable bonds is 5. The lowest BCUT2D eigenvalue weighted by Crippen LogP contribution is -2.33. The van der Waals surface area contributed by atoms with Crippen molar-refractivity contribution >= 4 is 11.7 Å². The highest BCUT2D eigenvalue weighted by atomic mass is 16.3. The summed E-state index contributed by atoms with van der Waals surface area (Å²) in [5, 5.41) is 11.9. The van der Waals surface area contributed by atoms with Crippen LogP contribution in [0.15, 0.2) is 0 Å². The second-order valence-corrected chi connectivity index (χ2v) is 3.59. The maximum atomic E-state index is 11.0. The van der Waals surface area contributed by atoms with Crippen LogP contribution in [0.1, 0.15) is 26.2 Å². The number of aliphatic hydroxyl groups is 1. The third-order valence-corrected chi connectivity index (χ3v) is 2.08. The molecular weight excluding hydrogens is 170 g/mol. The van der Waals surface area contributed by atoms with Gasteiger partial charge in [0, 0.05) is 6.54 Å². The summed E-state index contributed by atoms with van der Waals surface area (Å²) >= 11 is 0. The molecule has 1 amide bonds. The smallest absolute Gasteiger partial charge is 0.227 e. The third kappa shape index (κ3) is 4.03. The zero-order valence-electron chi connectivity index (χ0n) is 7.75. The quantitative estimate of drug-likeness (QED) is 0.585. The van der Waals surface area contributed by atoms with E-state index in [4.69, 9.17) is 0 Å². The van der Waals surface area contributed by atoms with Gasteiger partial charge in [0.25, 0.3) is 0 Å². The lowest BCUT2D eigenvalue weighted by Gasteiger charge is -2.09. The van der Waals surface area contributed by atoms with Crippen LogP contribution in [-0.4, -0.2) is 29.4 Å². The number of aliphatic hydroxyl groups excluding tert-OH is 1. The van der Waals surface area contributed by atoms with Crippen molar-refractivity contribution in [2.24, 2.45) is 5.92 Å². The maximum Gasteiger partial charge on any atom is 0.227 e. The van der Waals surface area contributed by atoms with Crippen molar-refractivity contribution in [2.45, 2.75) is 32.3 Å². The van der Waals surface area contributed by atoms with Crippen molar-refractivity contribution in [3.8, 4) is 0 Å². The first-order valence-electron chi connectivity index (χ1n) is 4.54. The number of hydrogen-bond acceptors (Lipinski definition) is 3. The second kappa shape index (κ2) is 4.37. The van der Waals surface area contributed by atoms with Gasteiger partial charge in [0.2, 0.25) is 5.91 Å². The van der Waals surface area contributed by atoms with Crippen LogP contribution in [0.25, 0.3) is 0 Å². The van der Waals surface area contributed by atoms with Crippen LogP contribution in [0.2, 0.25) is 0 Å². The van der Waals surface area contributed by atoms with Crippen molar-refractivity contribution in [3.05, 3.63) is 0 Å². The fourth-order valence-electron chi connectivity index (χ4n) is 1.15. The Kier molecular flexibility index (Phi) is 3.42. The summed E-state index contributed by atoms with van der Waals surface area (Å²) < 4.78 is 0. The van der Waals surface area contributed by atoms with E-state index in [1.807, 2.05) is 0 Å². The second-order valence-electron chi connectivity index (χ2n) is 3.59. The van der Waals surface area contributed by atoms with Crippen LogP contribution in [0.3, 0.4) is 0 Å². The molecule has 0 aromatic heterocycles. The number of ketones is 1. The Morgan fingerprint density at radius 1 is 1.54 bits per heavy atom. The molecule has 13 heavy (non-hydrogen) atoms. The number of Topliss-reactive ketones (excluding diaryl/α,β-unsaturated/α-hetero) is 1. The van der Waals surface area contributed by atoms with Gasteiger partial charge in [-0.25, -0.2) is 0 Å². The van der Waals surface area contributed by atoms with Gasteiger partial charge >= 0.3 is 0 Å². The molecule has 1 aliphatic rings. The summed E-state index contributed by atoms with van der Waals surface area (Å²) in [6.07, 6.45) is 1.57. The average Bonchev–Trinajstić information content (AvgIpc) is 2.80. The molecule has 0 aromatic carbocycles. The van der Waals surface area contributed by atoms with Gasteiger partial charge in [0.1, 0.15) is 5.78 Å². The number of hydrogen-bond donors (Lipinski definition) is 2. The van der Waals surface area contributed by atoms with Crippen LogP contribution in [-0.2, 0) is 9.59 Å². The Morgan fingerprint density at radius 2 is 2.15 bits per heavy atom. The molecule has 1 saturated carbocycles. The lowest BCUT2D eigenvalue weighted by molar-refractivity contribution is -0.127. The monoisotopic (exact) mass is 185 g/mol. The lowest BCUT2D eigenvalue weighted by atomic mass is 10.2. The van der Waals surface area contributed by atoms with Crippen LogP contribution < -0.4 is 5.32 Å². The van der Waals surface area contributed by atoms with E-state index < -0.39 is 6.10 Å². The fourth-order valence-corrected chi connectivity index (χ4v) is 1.15. The molecular formula is C9H15NO3. The first kappa shape index (κ1) is 10.2. The summed E-state index contributed by atoms with van der Waals surface area (Å²) in [5.41, 5.74) is 0. The predicted molar refractivity (Wildman–Crippen MR) is 47.0 cm³/mol. The van der Waals surface area contributed by atoms with Crippen molar-refractivity contribution in [2.75, 3.05) is 6.54 Å². The minimum Gasteiger partial charge on any atom is -0.391 e. The molecule has 0 aromatic rings. The Hall–Kier alpha value is -0.900. The van der Waals surface area contributed by atoms with E-state index in [0.29, 0.717) is 5.92 Å². The van der Waals surface area contributed by atoms with Gasteiger partial charge in [-0.1, -0.05) is 0 Å². The molecule has 0 aliphatic heterocycles. The molecule has 1 unspecified atom stereocenters. The van der Waals surface area contributed by atoms with E-state index in [2.05, 4.69) is 5.32 Å². The van der Waals surface area contributed by atoms with Crippen molar-refractivity contribution in [3.63, 3.8) is 0 Å². The SMILES string of the molecule is CC(=O)CC(=O)NCC(O)C1CC1. The zero-order chi connectivity index (χ0) is 9.84. The highest BCUT2D eigenvalue weighted by molar-refractivity contribution is 5.96. The Bertz CT molecular complexity index is 211. The minimum atomic E-state index is -0.434. The zero-order valence-corrected chi connectivity index (χ0v) is 7.75. The predicted octanol–water partition coefficient (Wildman–Crippen LogP) is -0.147. The van der Waals surface area contributed by atoms with Gasteiger partial charge < -0.3 is 10.4 Å². The first-order chi connectivity index (χ1) is 6.09. The van der Waals surface area contributed by atoms with E-state index in [1.54, 1.807) is 0 Å². The number of nitrogens with one attached hydrogen (secondary N) is 1. The van der Waals surface area contributed by atoms with Crippen molar-refractivity contribution < 1.29 is 14.7 Å². The van der Waals surface area contributed by atoms with E-state index in [9.17, 15) is 14.7 Å². The van der Waals surface area contributed by atoms with Crippen molar-refractivity contribution in [1.82, 2.24) is 5.32 Å². The highest BCUT2D eigenvalue weighted by Crippen LogP contribution is 2.32. The molecule has 2 N–H and O–H groups in total. The molecule has 0 spiro atoms. The van der Waals surface area contributed by atoms with Crippen LogP contribution in [0.5, 0.6) is 0 Å². The molecule has 0 saturated heterocycles. The molecule has 0 heterocycles. The highest BCUT2D eigenvalue weighted by Gasteiger charge is 2.29. The summed E-state index contributed by atoms with van der Waals surface area (Å²) in [6.45, 7) is 1.65. The standard InChI is InChI=1S/C9H15NO3/c1-6(11)4-9(13)10-5-8(12)7-2-3-7/h7-8,12H,2-5H2,1H3,(H,10,13). The fraction of sp³-hybridized carbons (Fsp3) is 0.778. The average molecular weight is 185 g/mol. The van der Waals surface area contributed by atoms with Gasteiger partial charge in [0.15, 0.2) is 0 Å². The Morgan fingerprint density at radius 3 is 2.62 bits per heavy atom. The van der Waals surface area contributed by atoms with E-state index in [-0.39, 0.29) is 24.7 Å². The minimum absolute atomic E-state index is 0.0859. The number of carbonyl (C=O) groups excluding carboxylic acids is 2. The van der Waals surface area contributed by atoms with Crippen molar-refractivity contribution in [1.29, 1.82) is 0 Å². The number of carbonyl (C=O) groups is 2. The normalized spacial score (nSPS) is 18.0. The summed E-state index contributed by atoms with van der Waals surface area (Å²) in [6, 6.07) is 0. The summed E-state index contributed by atoms with van der Waals surface area (Å²) in [7, 11) is 0. The Balaban J connectivity index is 2.10. The first-order valence-corrected chi connectivity index (χ1v) is 4.54. The van der Waals surface area contributed by atoms with E-state index in [0.717, 1.165) is 12.8 Å². The molecule has 1 atom stereocenters. The van der Waals surface area contributed by atoms with Gasteiger partial charge in [-0.3, -0.25) is 9.59 Å².